The zero-order valence-electron chi connectivity index (χ0n) is 11.7. The quantitative estimate of drug-likeness (QED) is 0.239. The molecular weight excluding hydrogens is 400 g/mol. The first kappa shape index (κ1) is 17.2. The number of aryl methyl sites for hydroxylation is 1. The van der Waals surface area contributed by atoms with Crippen molar-refractivity contribution in [2.75, 3.05) is 0 Å². The van der Waals surface area contributed by atoms with Crippen molar-refractivity contribution in [1.29, 1.82) is 0 Å². The van der Waals surface area contributed by atoms with Gasteiger partial charge in [0.1, 0.15) is 5.56 Å². The molecule has 0 atom stereocenters. The smallest absolute Gasteiger partial charge is 0.284 e. The molecule has 9 heteroatoms. The summed E-state index contributed by atoms with van der Waals surface area (Å²) in [5, 5.41) is 10.5. The van der Waals surface area contributed by atoms with Gasteiger partial charge in [-0.2, -0.15) is 0 Å². The Morgan fingerprint density at radius 2 is 1.33 bits per heavy atom. The Labute approximate surface area is 155 Å². The van der Waals surface area contributed by atoms with Crippen LogP contribution in [0.3, 0.4) is 0 Å². The van der Waals surface area contributed by atoms with Crippen molar-refractivity contribution < 1.29 is 14.5 Å². The zero-order valence-corrected chi connectivity index (χ0v) is 14.8. The number of hydrogen-bond donors (Lipinski definition) is 0. The summed E-state index contributed by atoms with van der Waals surface area (Å²) in [6.07, 6.45) is 0. The van der Waals surface area contributed by atoms with E-state index in [4.69, 9.17) is 46.4 Å². The Kier molecular flexibility index (Phi) is 4.08. The van der Waals surface area contributed by atoms with Crippen molar-refractivity contribution in [2.24, 2.45) is 0 Å². The predicted molar refractivity (Wildman–Crippen MR) is 91.2 cm³/mol. The molecule has 0 amide bonds. The number of benzene rings is 2. The largest absolute Gasteiger partial charge is 0.288 e. The lowest BCUT2D eigenvalue weighted by Crippen LogP contribution is -2.24. The van der Waals surface area contributed by atoms with Crippen LogP contribution in [0.25, 0.3) is 0 Å². The molecule has 1 aliphatic rings. The van der Waals surface area contributed by atoms with Gasteiger partial charge in [-0.3, -0.25) is 19.7 Å². The van der Waals surface area contributed by atoms with Crippen molar-refractivity contribution in [2.45, 2.75) is 6.92 Å². The van der Waals surface area contributed by atoms with Crippen LogP contribution in [0.1, 0.15) is 37.4 Å². The van der Waals surface area contributed by atoms with Crippen LogP contribution in [0.5, 0.6) is 0 Å². The Morgan fingerprint density at radius 1 is 0.833 bits per heavy atom. The van der Waals surface area contributed by atoms with Gasteiger partial charge in [-0.25, -0.2) is 0 Å². The highest BCUT2D eigenvalue weighted by Gasteiger charge is 2.40. The second-order valence-corrected chi connectivity index (χ2v) is 6.59. The number of nitro benzene ring substituents is 1. The fraction of sp³-hybridized carbons (Fsp3) is 0.0667. The number of rotatable bonds is 1. The summed E-state index contributed by atoms with van der Waals surface area (Å²) in [6.45, 7) is 1.47. The van der Waals surface area contributed by atoms with Gasteiger partial charge in [0.2, 0.25) is 5.78 Å². The van der Waals surface area contributed by atoms with E-state index in [1.165, 1.54) is 19.1 Å². The van der Waals surface area contributed by atoms with Crippen LogP contribution in [0, 0.1) is 17.0 Å². The summed E-state index contributed by atoms with van der Waals surface area (Å²) in [7, 11) is 0. The molecular formula is C15H5Cl4NO4. The summed E-state index contributed by atoms with van der Waals surface area (Å²) in [4.78, 5) is 36.3. The molecule has 2 aromatic rings. The molecule has 2 aromatic carbocycles. The van der Waals surface area contributed by atoms with Crippen LogP contribution in [0.2, 0.25) is 20.1 Å². The van der Waals surface area contributed by atoms with Crippen molar-refractivity contribution in [1.82, 2.24) is 0 Å². The first-order valence-corrected chi connectivity index (χ1v) is 7.93. The molecule has 0 heterocycles. The van der Waals surface area contributed by atoms with E-state index < -0.39 is 22.2 Å². The van der Waals surface area contributed by atoms with Crippen molar-refractivity contribution in [3.05, 3.63) is 70.2 Å². The molecule has 122 valence electrons. The van der Waals surface area contributed by atoms with Gasteiger partial charge in [0.05, 0.1) is 36.1 Å². The highest BCUT2D eigenvalue weighted by Crippen LogP contribution is 2.46. The van der Waals surface area contributed by atoms with Crippen molar-refractivity contribution in [3.63, 3.8) is 0 Å². The summed E-state index contributed by atoms with van der Waals surface area (Å²) in [5.41, 5.74) is -1.13. The third kappa shape index (κ3) is 2.16. The average Bonchev–Trinajstić information content (AvgIpc) is 2.53. The number of ketones is 2. The molecule has 24 heavy (non-hydrogen) atoms. The maximum absolute atomic E-state index is 12.9. The van der Waals surface area contributed by atoms with Gasteiger partial charge in [0.25, 0.3) is 5.69 Å². The summed E-state index contributed by atoms with van der Waals surface area (Å²) >= 11 is 24.0. The molecule has 0 aromatic heterocycles. The average molecular weight is 405 g/mol. The van der Waals surface area contributed by atoms with E-state index in [9.17, 15) is 19.7 Å². The minimum absolute atomic E-state index is 0.124. The molecule has 1 aliphatic carbocycles. The molecule has 0 fully saturated rings. The molecule has 0 saturated heterocycles. The van der Waals surface area contributed by atoms with E-state index in [0.717, 1.165) is 0 Å². The number of carbonyl (C=O) groups is 2. The van der Waals surface area contributed by atoms with E-state index >= 15 is 0 Å². The number of halogens is 4. The Bertz CT molecular complexity index is 984. The lowest BCUT2D eigenvalue weighted by Gasteiger charge is -2.21. The molecule has 0 unspecified atom stereocenters. The third-order valence-electron chi connectivity index (χ3n) is 3.76. The molecule has 0 saturated carbocycles. The molecule has 0 aliphatic heterocycles. The first-order chi connectivity index (χ1) is 11.2. The van der Waals surface area contributed by atoms with Gasteiger partial charge in [-0.05, 0) is 13.0 Å². The molecule has 0 spiro atoms. The fourth-order valence-corrected chi connectivity index (χ4v) is 3.69. The van der Waals surface area contributed by atoms with Crippen LogP contribution in [0.15, 0.2) is 12.1 Å². The maximum Gasteiger partial charge on any atom is 0.284 e. The Morgan fingerprint density at radius 3 is 1.83 bits per heavy atom. The molecule has 5 nitrogen and oxygen atoms in total. The van der Waals surface area contributed by atoms with Crippen molar-refractivity contribution >= 4 is 63.7 Å². The monoisotopic (exact) mass is 403 g/mol. The number of nitrogens with zero attached hydrogens (tertiary/aromatic N) is 1. The van der Waals surface area contributed by atoms with Crippen LogP contribution in [-0.4, -0.2) is 16.5 Å². The number of fused-ring (bicyclic) bond motifs is 2. The SMILES string of the molecule is Cc1ccc2c(c1[N+](=O)[O-])C(=O)c1c(Cl)c(Cl)c(Cl)c(Cl)c1C2=O. The maximum atomic E-state index is 12.9. The second kappa shape index (κ2) is 5.70. The molecule has 0 bridgehead atoms. The highest BCUT2D eigenvalue weighted by molar-refractivity contribution is 6.55. The van der Waals surface area contributed by atoms with Crippen molar-refractivity contribution in [3.8, 4) is 0 Å². The molecule has 3 rings (SSSR count). The van der Waals surface area contributed by atoms with Gasteiger partial charge < -0.3 is 0 Å². The minimum atomic E-state index is -0.791. The van der Waals surface area contributed by atoms with Gasteiger partial charge in [0, 0.05) is 11.1 Å². The van der Waals surface area contributed by atoms with E-state index in [-0.39, 0.29) is 47.9 Å². The van der Waals surface area contributed by atoms with E-state index in [2.05, 4.69) is 0 Å². The van der Waals surface area contributed by atoms with E-state index in [1.54, 1.807) is 0 Å². The van der Waals surface area contributed by atoms with Gasteiger partial charge >= 0.3 is 0 Å². The normalized spacial score (nSPS) is 12.9. The summed E-state index contributed by atoms with van der Waals surface area (Å²) in [6, 6.07) is 2.73. The number of hydrogen-bond acceptors (Lipinski definition) is 4. The van der Waals surface area contributed by atoms with Gasteiger partial charge in [0.15, 0.2) is 5.78 Å². The second-order valence-electron chi connectivity index (χ2n) is 5.07. The fourth-order valence-electron chi connectivity index (χ4n) is 2.67. The molecule has 0 radical (unpaired) electrons. The zero-order chi connectivity index (χ0) is 17.9. The standard InChI is InChI=1S/C15H5Cl4NO4/c1-4-2-3-5-6(13(4)20(23)24)15(22)8-7(14(5)21)9(16)11(18)12(19)10(8)17/h2-3H,1H3. The van der Waals surface area contributed by atoms with Crippen LogP contribution >= 0.6 is 46.4 Å². The Balaban J connectivity index is 2.49. The minimum Gasteiger partial charge on any atom is -0.288 e. The molecule has 0 N–H and O–H groups in total. The van der Waals surface area contributed by atoms with Gasteiger partial charge in [-0.15, -0.1) is 0 Å². The first-order valence-electron chi connectivity index (χ1n) is 6.41. The third-order valence-corrected chi connectivity index (χ3v) is 5.56. The highest BCUT2D eigenvalue weighted by atomic mass is 35.5. The van der Waals surface area contributed by atoms with E-state index in [1.807, 2.05) is 0 Å². The summed E-state index contributed by atoms with van der Waals surface area (Å²) < 4.78 is 0. The van der Waals surface area contributed by atoms with E-state index in [0.29, 0.717) is 0 Å². The predicted octanol–water partition coefficient (Wildman–Crippen LogP) is 5.29. The van der Waals surface area contributed by atoms with Gasteiger partial charge in [-0.1, -0.05) is 52.5 Å². The van der Waals surface area contributed by atoms with Crippen LogP contribution < -0.4 is 0 Å². The Hall–Kier alpha value is -1.66. The van der Waals surface area contributed by atoms with Crippen LogP contribution in [0.4, 0.5) is 5.69 Å². The lowest BCUT2D eigenvalue weighted by molar-refractivity contribution is -0.385. The number of carbonyl (C=O) groups excluding carboxylic acids is 2. The summed E-state index contributed by atoms with van der Waals surface area (Å²) in [5.74, 6) is -1.46. The van der Waals surface area contributed by atoms with Crippen LogP contribution in [-0.2, 0) is 0 Å². The number of nitro groups is 1. The topological polar surface area (TPSA) is 77.3 Å². The lowest BCUT2D eigenvalue weighted by atomic mass is 9.82.